The van der Waals surface area contributed by atoms with Crippen molar-refractivity contribution in [3.8, 4) is 0 Å². The highest BCUT2D eigenvalue weighted by molar-refractivity contribution is 5.80. The maximum absolute atomic E-state index is 12.0. The molecule has 0 bridgehead atoms. The first-order valence-electron chi connectivity index (χ1n) is 14.9. The maximum Gasteiger partial charge on any atom is 0.309 e. The third-order valence-corrected chi connectivity index (χ3v) is 7.85. The van der Waals surface area contributed by atoms with Gasteiger partial charge in [-0.2, -0.15) is 0 Å². The van der Waals surface area contributed by atoms with Gasteiger partial charge < -0.3 is 28.8 Å². The van der Waals surface area contributed by atoms with Gasteiger partial charge in [0.05, 0.1) is 69.3 Å². The zero-order valence-corrected chi connectivity index (χ0v) is 28.2. The molecule has 2 atom stereocenters. The summed E-state index contributed by atoms with van der Waals surface area (Å²) in [5, 5.41) is 9.29. The molecule has 0 aromatic rings. The van der Waals surface area contributed by atoms with Gasteiger partial charge in [-0.15, -0.1) is 0 Å². The van der Waals surface area contributed by atoms with Crippen LogP contribution in [0.2, 0.25) is 0 Å². The van der Waals surface area contributed by atoms with Gasteiger partial charge in [-0.05, 0) is 95.4 Å². The number of nitrogens with zero attached hydrogens (tertiary/aromatic N) is 2. The van der Waals surface area contributed by atoms with Gasteiger partial charge in [0.1, 0.15) is 11.2 Å². The molecule has 12 nitrogen and oxygen atoms in total. The number of carbonyl (C=O) groups is 4. The Morgan fingerprint density at radius 1 is 0.721 bits per heavy atom. The molecule has 2 aliphatic rings. The van der Waals surface area contributed by atoms with Crippen molar-refractivity contribution in [2.75, 3.05) is 61.7 Å². The Hall–Kier alpha value is -2.28. The van der Waals surface area contributed by atoms with E-state index in [2.05, 4.69) is 9.80 Å². The molecule has 12 heteroatoms. The Bertz CT molecular complexity index is 928. The second kappa shape index (κ2) is 16.2. The highest BCUT2D eigenvalue weighted by Crippen LogP contribution is 2.32. The number of esters is 3. The Morgan fingerprint density at radius 3 is 1.33 bits per heavy atom. The van der Waals surface area contributed by atoms with Gasteiger partial charge in [-0.25, -0.2) is 0 Å². The lowest BCUT2D eigenvalue weighted by Gasteiger charge is -2.47. The van der Waals surface area contributed by atoms with Crippen LogP contribution in [-0.2, 0) is 42.9 Å². The van der Waals surface area contributed by atoms with Gasteiger partial charge in [0.15, 0.2) is 0 Å². The van der Waals surface area contributed by atoms with Crippen molar-refractivity contribution in [1.29, 1.82) is 0 Å². The van der Waals surface area contributed by atoms with E-state index < -0.39 is 35.0 Å². The summed E-state index contributed by atoms with van der Waals surface area (Å²) in [5.41, 5.74) is -1.28. The molecule has 2 unspecified atom stereocenters. The highest BCUT2D eigenvalue weighted by atomic mass is 16.6. The van der Waals surface area contributed by atoms with Crippen molar-refractivity contribution in [3.05, 3.63) is 0 Å². The number of rotatable bonds is 14. The van der Waals surface area contributed by atoms with E-state index >= 15 is 0 Å². The Balaban J connectivity index is 0.000000430. The fraction of sp³-hybridized carbons (Fsp3) is 0.871. The first kappa shape index (κ1) is 38.7. The molecule has 2 heterocycles. The molecular formula is C31H56N2O10. The van der Waals surface area contributed by atoms with Crippen LogP contribution in [0.1, 0.15) is 80.1 Å². The summed E-state index contributed by atoms with van der Waals surface area (Å²) in [6, 6.07) is 0. The van der Waals surface area contributed by atoms with E-state index in [0.29, 0.717) is 45.7 Å². The normalized spacial score (nSPS) is 18.7. The number of likely N-dealkylation sites (N-methyl/N-ethyl adjacent to an activating group) is 2. The minimum Gasteiger partial charge on any atom is -0.481 e. The summed E-state index contributed by atoms with van der Waals surface area (Å²) in [6.45, 7) is 13.3. The molecule has 250 valence electrons. The molecule has 0 aliphatic carbocycles. The quantitative estimate of drug-likeness (QED) is 0.226. The average Bonchev–Trinajstić information content (AvgIpc) is 2.78. The fourth-order valence-electron chi connectivity index (χ4n) is 4.76. The topological polar surface area (TPSA) is 141 Å². The number of methoxy groups -OCH3 is 1. The van der Waals surface area contributed by atoms with Crippen molar-refractivity contribution >= 4 is 23.9 Å². The molecule has 2 saturated heterocycles. The number of hydrogen-bond acceptors (Lipinski definition) is 11. The Morgan fingerprint density at radius 2 is 1.07 bits per heavy atom. The number of carboxylic acids is 1. The summed E-state index contributed by atoms with van der Waals surface area (Å²) in [7, 11) is 9.28. The van der Waals surface area contributed by atoms with Crippen LogP contribution in [0, 0.1) is 11.8 Å². The second-order valence-electron chi connectivity index (χ2n) is 14.1. The molecule has 0 aromatic heterocycles. The molecule has 0 radical (unpaired) electrons. The van der Waals surface area contributed by atoms with Gasteiger partial charge in [0.2, 0.25) is 0 Å². The third kappa shape index (κ3) is 13.1. The van der Waals surface area contributed by atoms with E-state index in [1.807, 2.05) is 49.0 Å². The largest absolute Gasteiger partial charge is 0.481 e. The molecule has 0 aromatic carbocycles. The van der Waals surface area contributed by atoms with Crippen molar-refractivity contribution in [1.82, 2.24) is 9.80 Å². The van der Waals surface area contributed by atoms with E-state index in [-0.39, 0.29) is 35.9 Å². The number of aliphatic carboxylic acids is 1. The van der Waals surface area contributed by atoms with Crippen LogP contribution >= 0.6 is 0 Å². The number of ether oxygens (including phenoxy) is 5. The SMILES string of the molecule is CN(C)C1(CCC(CC(=O)OC(C)(C)C)C(=O)O)COC1.COC(=O)C(CCC1(N(C)C)COC1)CC(=O)OC(C)(C)C. The standard InChI is InChI=1S/C16H29NO5.C15H27NO5/c1-15(2,3)22-13(18)9-12(14(19)20-6)7-8-16(17(4)5)10-21-11-16;1-14(2,3)21-12(17)8-11(13(18)19)6-7-15(16(4)5)9-20-10-15/h12H,7-11H2,1-6H3;11H,6-10H2,1-5H3,(H,18,19). The van der Waals surface area contributed by atoms with Crippen molar-refractivity contribution in [2.24, 2.45) is 11.8 Å². The van der Waals surface area contributed by atoms with Crippen LogP contribution in [-0.4, -0.2) is 123 Å². The van der Waals surface area contributed by atoms with E-state index in [0.717, 1.165) is 6.42 Å². The minimum absolute atomic E-state index is 0.0415. The minimum atomic E-state index is -0.949. The number of carboxylic acid groups (broad SMARTS) is 1. The second-order valence-corrected chi connectivity index (χ2v) is 14.1. The zero-order valence-electron chi connectivity index (χ0n) is 28.2. The Labute approximate surface area is 257 Å². The van der Waals surface area contributed by atoms with Crippen LogP contribution in [0.25, 0.3) is 0 Å². The number of carbonyl (C=O) groups excluding carboxylic acids is 3. The van der Waals surface area contributed by atoms with Gasteiger partial charge >= 0.3 is 23.9 Å². The molecule has 2 fully saturated rings. The van der Waals surface area contributed by atoms with E-state index in [4.69, 9.17) is 23.7 Å². The van der Waals surface area contributed by atoms with Gasteiger partial charge in [0, 0.05) is 0 Å². The van der Waals surface area contributed by atoms with Gasteiger partial charge in [-0.3, -0.25) is 29.0 Å². The lowest BCUT2D eigenvalue weighted by Crippen LogP contribution is -2.59. The van der Waals surface area contributed by atoms with E-state index in [1.54, 1.807) is 20.8 Å². The average molecular weight is 617 g/mol. The summed E-state index contributed by atoms with van der Waals surface area (Å²) >= 11 is 0. The molecule has 0 saturated carbocycles. The Kier molecular flexibility index (Phi) is 14.6. The smallest absolute Gasteiger partial charge is 0.309 e. The molecule has 2 rings (SSSR count). The van der Waals surface area contributed by atoms with E-state index in [9.17, 15) is 24.3 Å². The monoisotopic (exact) mass is 616 g/mol. The summed E-state index contributed by atoms with van der Waals surface area (Å²) < 4.78 is 25.9. The van der Waals surface area contributed by atoms with E-state index in [1.165, 1.54) is 7.11 Å². The first-order valence-corrected chi connectivity index (χ1v) is 14.9. The fourth-order valence-corrected chi connectivity index (χ4v) is 4.76. The predicted octanol–water partition coefficient (Wildman–Crippen LogP) is 3.15. The molecule has 1 N–H and O–H groups in total. The molecule has 2 aliphatic heterocycles. The van der Waals surface area contributed by atoms with Crippen LogP contribution < -0.4 is 0 Å². The first-order chi connectivity index (χ1) is 19.6. The number of hydrogen-bond donors (Lipinski definition) is 1. The van der Waals surface area contributed by atoms with Crippen LogP contribution in [0.15, 0.2) is 0 Å². The lowest BCUT2D eigenvalue weighted by atomic mass is 9.85. The third-order valence-electron chi connectivity index (χ3n) is 7.85. The summed E-state index contributed by atoms with van der Waals surface area (Å²) in [5.74, 6) is -3.32. The lowest BCUT2D eigenvalue weighted by molar-refractivity contribution is -0.162. The van der Waals surface area contributed by atoms with Crippen molar-refractivity contribution < 1.29 is 48.0 Å². The van der Waals surface area contributed by atoms with Crippen LogP contribution in [0.3, 0.4) is 0 Å². The van der Waals surface area contributed by atoms with Crippen molar-refractivity contribution in [2.45, 2.75) is 102 Å². The molecule has 0 amide bonds. The summed E-state index contributed by atoms with van der Waals surface area (Å²) in [4.78, 5) is 51.2. The van der Waals surface area contributed by atoms with Gasteiger partial charge in [-0.1, -0.05) is 0 Å². The van der Waals surface area contributed by atoms with Crippen LogP contribution in [0.5, 0.6) is 0 Å². The van der Waals surface area contributed by atoms with Gasteiger partial charge in [0.25, 0.3) is 0 Å². The van der Waals surface area contributed by atoms with Crippen LogP contribution in [0.4, 0.5) is 0 Å². The zero-order chi connectivity index (χ0) is 33.2. The molecule has 43 heavy (non-hydrogen) atoms. The maximum atomic E-state index is 12.0. The highest BCUT2D eigenvalue weighted by Gasteiger charge is 2.42. The van der Waals surface area contributed by atoms with Crippen molar-refractivity contribution in [3.63, 3.8) is 0 Å². The molecular weight excluding hydrogens is 560 g/mol. The predicted molar refractivity (Wildman–Crippen MR) is 160 cm³/mol. The summed E-state index contributed by atoms with van der Waals surface area (Å²) in [6.07, 6.45) is 2.46. The molecule has 0 spiro atoms.